The maximum atomic E-state index is 12.4. The summed E-state index contributed by atoms with van der Waals surface area (Å²) < 4.78 is 0. The van der Waals surface area contributed by atoms with Crippen molar-refractivity contribution in [3.05, 3.63) is 94.9 Å². The molecule has 6 heteroatoms. The number of H-pyrrole nitrogens is 1. The summed E-state index contributed by atoms with van der Waals surface area (Å²) in [6.07, 6.45) is 27.1. The van der Waals surface area contributed by atoms with Crippen molar-refractivity contribution in [2.75, 3.05) is 7.05 Å². The molecule has 0 fully saturated rings. The van der Waals surface area contributed by atoms with E-state index in [1.807, 2.05) is 18.3 Å². The molecular formula is C40H49ClN4O. The molecule has 4 aromatic rings. The Labute approximate surface area is 280 Å². The number of carbonyl (C=O) groups excluding carboxylic acids is 1. The van der Waals surface area contributed by atoms with E-state index in [2.05, 4.69) is 65.8 Å². The monoisotopic (exact) mass is 636 g/mol. The van der Waals surface area contributed by atoms with Crippen LogP contribution in [-0.4, -0.2) is 22.9 Å². The number of halogens is 1. The van der Waals surface area contributed by atoms with Crippen molar-refractivity contribution in [2.45, 2.75) is 103 Å². The number of fused-ring (bicyclic) bond motifs is 2. The average molecular weight is 637 g/mol. The Morgan fingerprint density at radius 1 is 0.935 bits per heavy atom. The highest BCUT2D eigenvalue weighted by atomic mass is 35.5. The fourth-order valence-electron chi connectivity index (χ4n) is 6.38. The number of amides is 1. The Bertz CT molecular complexity index is 1660. The van der Waals surface area contributed by atoms with Crippen LogP contribution in [0.4, 0.5) is 0 Å². The molecule has 2 heterocycles. The Kier molecular flexibility index (Phi) is 14.4. The lowest BCUT2D eigenvalue weighted by atomic mass is 9.89. The number of aromatic nitrogens is 2. The number of allylic oxidation sites excluding steroid dienone is 4. The molecule has 4 rings (SSSR count). The number of aromatic amines is 1. The Morgan fingerprint density at radius 3 is 2.48 bits per heavy atom. The van der Waals surface area contributed by atoms with Gasteiger partial charge in [0.25, 0.3) is 5.91 Å². The summed E-state index contributed by atoms with van der Waals surface area (Å²) in [7, 11) is 1.59. The van der Waals surface area contributed by atoms with Gasteiger partial charge in [0.1, 0.15) is 0 Å². The normalized spacial score (nSPS) is 12.6. The van der Waals surface area contributed by atoms with E-state index < -0.39 is 0 Å². The summed E-state index contributed by atoms with van der Waals surface area (Å²) in [5.41, 5.74) is 3.73. The number of hydrogen-bond donors (Lipinski definition) is 2. The van der Waals surface area contributed by atoms with Gasteiger partial charge in [-0.25, -0.2) is 0 Å². The van der Waals surface area contributed by atoms with E-state index in [0.29, 0.717) is 27.6 Å². The molecule has 0 spiro atoms. The van der Waals surface area contributed by atoms with Crippen molar-refractivity contribution in [3.63, 3.8) is 0 Å². The molecule has 2 aromatic heterocycles. The van der Waals surface area contributed by atoms with E-state index in [-0.39, 0.29) is 5.91 Å². The van der Waals surface area contributed by atoms with Crippen molar-refractivity contribution in [3.8, 4) is 6.07 Å². The van der Waals surface area contributed by atoms with Crippen LogP contribution < -0.4 is 5.32 Å². The number of nitrogens with one attached hydrogen (secondary N) is 2. The van der Waals surface area contributed by atoms with Gasteiger partial charge in [-0.3, -0.25) is 9.78 Å². The van der Waals surface area contributed by atoms with Gasteiger partial charge in [0, 0.05) is 46.7 Å². The van der Waals surface area contributed by atoms with Gasteiger partial charge < -0.3 is 10.3 Å². The molecule has 0 radical (unpaired) electrons. The van der Waals surface area contributed by atoms with E-state index in [1.165, 1.54) is 61.4 Å². The van der Waals surface area contributed by atoms with E-state index >= 15 is 0 Å². The molecule has 0 aliphatic rings. The lowest BCUT2D eigenvalue weighted by Crippen LogP contribution is -2.18. The first-order valence-electron chi connectivity index (χ1n) is 17.2. The second-order valence-corrected chi connectivity index (χ2v) is 12.7. The van der Waals surface area contributed by atoms with Crippen molar-refractivity contribution in [2.24, 2.45) is 0 Å². The molecule has 1 unspecified atom stereocenters. The first kappa shape index (κ1) is 35.0. The highest BCUT2D eigenvalue weighted by Crippen LogP contribution is 2.33. The predicted octanol–water partition coefficient (Wildman–Crippen LogP) is 11.5. The molecule has 2 aromatic carbocycles. The third kappa shape index (κ3) is 9.81. The van der Waals surface area contributed by atoms with Gasteiger partial charge in [0.05, 0.1) is 28.4 Å². The standard InChI is InChI=1S/C40H49ClN4O/c1-3-4-5-6-7-8-9-10-11-12-14-20-31(38-34-23-18-17-19-30(34)24-25-44-38)21-15-13-16-22-32(28-42)37-29-45-39-35(37)26-33(41)27-36(39)40(46)43-2/h10-11,17-19,22-27,29,31,45H,3-9,12-16,20-21H2,1-2H3,(H,43,46)/b11-10-,32-22+. The first-order valence-corrected chi connectivity index (χ1v) is 17.6. The number of rotatable bonds is 19. The van der Waals surface area contributed by atoms with Crippen molar-refractivity contribution in [1.82, 2.24) is 15.3 Å². The number of nitriles is 1. The van der Waals surface area contributed by atoms with Crippen molar-refractivity contribution in [1.29, 1.82) is 5.26 Å². The minimum Gasteiger partial charge on any atom is -0.360 e. The summed E-state index contributed by atoms with van der Waals surface area (Å²) in [5.74, 6) is 0.180. The van der Waals surface area contributed by atoms with Crippen LogP contribution in [0.25, 0.3) is 27.2 Å². The van der Waals surface area contributed by atoms with Gasteiger partial charge in [-0.2, -0.15) is 5.26 Å². The summed E-state index contributed by atoms with van der Waals surface area (Å²) in [6.45, 7) is 2.27. The lowest BCUT2D eigenvalue weighted by Gasteiger charge is -2.18. The van der Waals surface area contributed by atoms with E-state index in [1.54, 1.807) is 19.3 Å². The van der Waals surface area contributed by atoms with E-state index in [9.17, 15) is 10.1 Å². The Morgan fingerprint density at radius 2 is 1.67 bits per heavy atom. The summed E-state index contributed by atoms with van der Waals surface area (Å²) in [4.78, 5) is 20.5. The summed E-state index contributed by atoms with van der Waals surface area (Å²) >= 11 is 6.35. The van der Waals surface area contributed by atoms with Crippen LogP contribution in [-0.2, 0) is 0 Å². The highest BCUT2D eigenvalue weighted by Gasteiger charge is 2.17. The predicted molar refractivity (Wildman–Crippen MR) is 194 cm³/mol. The first-order chi connectivity index (χ1) is 22.6. The van der Waals surface area contributed by atoms with Gasteiger partial charge >= 0.3 is 0 Å². The van der Waals surface area contributed by atoms with Gasteiger partial charge in [-0.15, -0.1) is 0 Å². The van der Waals surface area contributed by atoms with Crippen LogP contribution in [0.1, 0.15) is 124 Å². The van der Waals surface area contributed by atoms with E-state index in [0.717, 1.165) is 55.9 Å². The van der Waals surface area contributed by atoms with Crippen LogP contribution in [0.15, 0.2) is 73.1 Å². The molecule has 242 valence electrons. The SMILES string of the molecule is CCCCCCCC/C=C\CCCC(CCCC/C=C(\C#N)c1c[nH]c2c(C(=O)NC)cc(Cl)cc12)c1nccc2ccccc12. The number of benzene rings is 2. The second-order valence-electron chi connectivity index (χ2n) is 12.2. The third-order valence-corrected chi connectivity index (χ3v) is 9.12. The maximum absolute atomic E-state index is 12.4. The molecule has 2 N–H and O–H groups in total. The van der Waals surface area contributed by atoms with Gasteiger partial charge in [0.2, 0.25) is 0 Å². The zero-order valence-corrected chi connectivity index (χ0v) is 28.3. The van der Waals surface area contributed by atoms with Crippen LogP contribution in [0.5, 0.6) is 0 Å². The molecule has 1 atom stereocenters. The molecule has 5 nitrogen and oxygen atoms in total. The van der Waals surface area contributed by atoms with E-state index in [4.69, 9.17) is 16.6 Å². The quantitative estimate of drug-likeness (QED) is 0.0610. The summed E-state index contributed by atoms with van der Waals surface area (Å²) in [6, 6.07) is 16.5. The molecule has 0 saturated carbocycles. The second kappa shape index (κ2) is 18.9. The molecule has 0 bridgehead atoms. The molecule has 46 heavy (non-hydrogen) atoms. The van der Waals surface area contributed by atoms with Gasteiger partial charge in [0.15, 0.2) is 0 Å². The number of carbonyl (C=O) groups is 1. The summed E-state index contributed by atoms with van der Waals surface area (Å²) in [5, 5.41) is 16.4. The number of hydrogen-bond acceptors (Lipinski definition) is 3. The molecule has 1 amide bonds. The maximum Gasteiger partial charge on any atom is 0.253 e. The van der Waals surface area contributed by atoms with Crippen molar-refractivity contribution < 1.29 is 4.79 Å². The van der Waals surface area contributed by atoms with Crippen molar-refractivity contribution >= 4 is 44.8 Å². The zero-order valence-electron chi connectivity index (χ0n) is 27.6. The van der Waals surface area contributed by atoms with Crippen LogP contribution in [0.3, 0.4) is 0 Å². The largest absolute Gasteiger partial charge is 0.360 e. The fourth-order valence-corrected chi connectivity index (χ4v) is 6.60. The topological polar surface area (TPSA) is 81.6 Å². The van der Waals surface area contributed by atoms with Crippen LogP contribution in [0.2, 0.25) is 5.02 Å². The fraction of sp³-hybridized carbons (Fsp3) is 0.425. The highest BCUT2D eigenvalue weighted by molar-refractivity contribution is 6.32. The van der Waals surface area contributed by atoms with Gasteiger partial charge in [-0.1, -0.05) is 99.5 Å². The smallest absolute Gasteiger partial charge is 0.253 e. The van der Waals surface area contributed by atoms with Crippen LogP contribution >= 0.6 is 11.6 Å². The van der Waals surface area contributed by atoms with Gasteiger partial charge in [-0.05, 0) is 75.0 Å². The molecular weight excluding hydrogens is 588 g/mol. The molecule has 0 aliphatic carbocycles. The molecule has 0 aliphatic heterocycles. The number of unbranched alkanes of at least 4 members (excludes halogenated alkanes) is 9. The average Bonchev–Trinajstić information content (AvgIpc) is 3.50. The Balaban J connectivity index is 1.36. The molecule has 0 saturated heterocycles. The minimum absolute atomic E-state index is 0.220. The van der Waals surface area contributed by atoms with Crippen LogP contribution in [0, 0.1) is 11.3 Å². The zero-order chi connectivity index (χ0) is 32.6. The lowest BCUT2D eigenvalue weighted by molar-refractivity contribution is 0.0964. The third-order valence-electron chi connectivity index (χ3n) is 8.90. The number of nitrogens with zero attached hydrogens (tertiary/aromatic N) is 2. The number of pyridine rings is 1. The minimum atomic E-state index is -0.220. The Hall–Kier alpha value is -3.88.